The minimum Gasteiger partial charge on any atom is -0.407 e. The van der Waals surface area contributed by atoms with Crippen LogP contribution in [0.1, 0.15) is 12.3 Å². The summed E-state index contributed by atoms with van der Waals surface area (Å²) in [5, 5.41) is 16.7. The molecule has 0 amide bonds. The van der Waals surface area contributed by atoms with Crippen molar-refractivity contribution in [2.24, 2.45) is 0 Å². The molecule has 0 saturated carbocycles. The number of aliphatic hydroxyl groups is 1. The fraction of sp³-hybridized carbons (Fsp3) is 0.800. The Labute approximate surface area is 105 Å². The van der Waals surface area contributed by atoms with E-state index in [1.165, 1.54) is 0 Å². The van der Waals surface area contributed by atoms with E-state index in [4.69, 9.17) is 21.1 Å². The van der Waals surface area contributed by atoms with Crippen LogP contribution in [0, 0.1) is 0 Å². The molecule has 1 N–H and O–H groups in total. The first-order valence-electron chi connectivity index (χ1n) is 5.80. The molecule has 1 aromatic heterocycles. The maximum atomic E-state index is 8.92. The molecule has 96 valence electrons. The standard InChI is InChI=1S/C10H17ClN4O2/c11-8-9-12-13-10(17-9)15-3-1-2-14(4-5-15)6-7-16/h16H,1-8H2. The van der Waals surface area contributed by atoms with Crippen LogP contribution in [0.3, 0.4) is 0 Å². The molecule has 0 spiro atoms. The van der Waals surface area contributed by atoms with E-state index in [1.807, 2.05) is 0 Å². The van der Waals surface area contributed by atoms with Gasteiger partial charge in [0, 0.05) is 26.2 Å². The Morgan fingerprint density at radius 3 is 2.82 bits per heavy atom. The van der Waals surface area contributed by atoms with Gasteiger partial charge in [0.25, 0.3) is 0 Å². The van der Waals surface area contributed by atoms with Gasteiger partial charge in [-0.15, -0.1) is 16.7 Å². The van der Waals surface area contributed by atoms with Gasteiger partial charge in [-0.1, -0.05) is 5.10 Å². The minimum absolute atomic E-state index is 0.205. The van der Waals surface area contributed by atoms with Crippen molar-refractivity contribution in [3.63, 3.8) is 0 Å². The van der Waals surface area contributed by atoms with Crippen molar-refractivity contribution in [3.05, 3.63) is 5.89 Å². The van der Waals surface area contributed by atoms with Crippen LogP contribution < -0.4 is 4.90 Å². The van der Waals surface area contributed by atoms with Crippen LogP contribution >= 0.6 is 11.6 Å². The van der Waals surface area contributed by atoms with E-state index in [2.05, 4.69) is 20.0 Å². The zero-order valence-electron chi connectivity index (χ0n) is 9.68. The second kappa shape index (κ2) is 6.18. The average Bonchev–Trinajstić information content (AvgIpc) is 2.70. The molecule has 1 aliphatic heterocycles. The molecule has 2 heterocycles. The molecular formula is C10H17ClN4O2. The maximum Gasteiger partial charge on any atom is 0.318 e. The van der Waals surface area contributed by atoms with Crippen molar-refractivity contribution in [1.82, 2.24) is 15.1 Å². The largest absolute Gasteiger partial charge is 0.407 e. The van der Waals surface area contributed by atoms with E-state index in [9.17, 15) is 0 Å². The highest BCUT2D eigenvalue weighted by Gasteiger charge is 2.18. The van der Waals surface area contributed by atoms with Crippen molar-refractivity contribution in [1.29, 1.82) is 0 Å². The summed E-state index contributed by atoms with van der Waals surface area (Å²) in [4.78, 5) is 4.30. The van der Waals surface area contributed by atoms with Gasteiger partial charge in [-0.2, -0.15) is 0 Å². The zero-order chi connectivity index (χ0) is 12.1. The van der Waals surface area contributed by atoms with E-state index in [0.717, 1.165) is 39.1 Å². The number of halogens is 1. The third-order valence-corrected chi connectivity index (χ3v) is 3.07. The van der Waals surface area contributed by atoms with E-state index < -0.39 is 0 Å². The lowest BCUT2D eigenvalue weighted by atomic mass is 10.4. The normalized spacial score (nSPS) is 18.4. The van der Waals surface area contributed by atoms with Crippen LogP contribution in [0.25, 0.3) is 0 Å². The van der Waals surface area contributed by atoms with E-state index >= 15 is 0 Å². The third kappa shape index (κ3) is 3.31. The number of nitrogens with zero attached hydrogens (tertiary/aromatic N) is 4. The molecule has 17 heavy (non-hydrogen) atoms. The van der Waals surface area contributed by atoms with Gasteiger partial charge in [0.15, 0.2) is 0 Å². The van der Waals surface area contributed by atoms with Crippen LogP contribution in [0.15, 0.2) is 4.42 Å². The second-order valence-electron chi connectivity index (χ2n) is 4.02. The Balaban J connectivity index is 1.93. The molecular weight excluding hydrogens is 244 g/mol. The number of anilines is 1. The first-order valence-corrected chi connectivity index (χ1v) is 6.33. The SMILES string of the molecule is OCCN1CCCN(c2nnc(CCl)o2)CC1. The summed E-state index contributed by atoms with van der Waals surface area (Å²) in [6.07, 6.45) is 1.03. The summed E-state index contributed by atoms with van der Waals surface area (Å²) in [7, 11) is 0. The number of hydrogen-bond acceptors (Lipinski definition) is 6. The zero-order valence-corrected chi connectivity index (χ0v) is 10.4. The number of hydrogen-bond donors (Lipinski definition) is 1. The van der Waals surface area contributed by atoms with Crippen molar-refractivity contribution in [2.75, 3.05) is 44.2 Å². The molecule has 0 aromatic carbocycles. The molecule has 0 bridgehead atoms. The fourth-order valence-electron chi connectivity index (χ4n) is 1.95. The minimum atomic E-state index is 0.205. The Hall–Kier alpha value is -0.850. The molecule has 7 heteroatoms. The first-order chi connectivity index (χ1) is 8.33. The molecule has 0 radical (unpaired) electrons. The maximum absolute atomic E-state index is 8.92. The monoisotopic (exact) mass is 260 g/mol. The molecule has 1 aliphatic rings. The lowest BCUT2D eigenvalue weighted by Gasteiger charge is -2.19. The Kier molecular flexibility index (Phi) is 4.58. The van der Waals surface area contributed by atoms with Gasteiger partial charge in [-0.25, -0.2) is 0 Å². The van der Waals surface area contributed by atoms with Crippen LogP contribution in [0.5, 0.6) is 0 Å². The molecule has 0 unspecified atom stereocenters. The van der Waals surface area contributed by atoms with Crippen molar-refractivity contribution in [3.8, 4) is 0 Å². The topological polar surface area (TPSA) is 65.6 Å². The Morgan fingerprint density at radius 1 is 1.24 bits per heavy atom. The van der Waals surface area contributed by atoms with E-state index in [0.29, 0.717) is 11.9 Å². The summed E-state index contributed by atoms with van der Waals surface area (Å²) in [6, 6.07) is 0.548. The van der Waals surface area contributed by atoms with Crippen molar-refractivity contribution < 1.29 is 9.52 Å². The fourth-order valence-corrected chi connectivity index (χ4v) is 2.06. The smallest absolute Gasteiger partial charge is 0.318 e. The van der Waals surface area contributed by atoms with Gasteiger partial charge in [-0.05, 0) is 13.0 Å². The molecule has 1 aromatic rings. The van der Waals surface area contributed by atoms with Crippen molar-refractivity contribution >= 4 is 17.6 Å². The van der Waals surface area contributed by atoms with Crippen LogP contribution in [0.2, 0.25) is 0 Å². The number of β-amino-alcohol motifs (C(OH)–C–C–N with tert-alkyl or cyclic N) is 1. The number of aliphatic hydroxyl groups excluding tert-OH is 1. The highest BCUT2D eigenvalue weighted by atomic mass is 35.5. The van der Waals surface area contributed by atoms with Crippen LogP contribution in [-0.2, 0) is 5.88 Å². The average molecular weight is 261 g/mol. The summed E-state index contributed by atoms with van der Waals surface area (Å²) >= 11 is 5.63. The molecule has 6 nitrogen and oxygen atoms in total. The highest BCUT2D eigenvalue weighted by Crippen LogP contribution is 2.15. The molecule has 1 fully saturated rings. The predicted molar refractivity (Wildman–Crippen MR) is 64.2 cm³/mol. The van der Waals surface area contributed by atoms with E-state index in [1.54, 1.807) is 0 Å². The van der Waals surface area contributed by atoms with Gasteiger partial charge < -0.3 is 14.4 Å². The number of rotatable bonds is 4. The first kappa shape index (κ1) is 12.6. The second-order valence-corrected chi connectivity index (χ2v) is 4.29. The van der Waals surface area contributed by atoms with Gasteiger partial charge in [0.2, 0.25) is 5.89 Å². The van der Waals surface area contributed by atoms with E-state index in [-0.39, 0.29) is 12.5 Å². The predicted octanol–water partition coefficient (Wildman–Crippen LogP) is 0.313. The Morgan fingerprint density at radius 2 is 2.12 bits per heavy atom. The van der Waals surface area contributed by atoms with Gasteiger partial charge in [0.05, 0.1) is 6.61 Å². The number of alkyl halides is 1. The quantitative estimate of drug-likeness (QED) is 0.787. The summed E-state index contributed by atoms with van der Waals surface area (Å²) in [6.45, 7) is 4.56. The lowest BCUT2D eigenvalue weighted by Crippen LogP contribution is -2.32. The van der Waals surface area contributed by atoms with Gasteiger partial charge in [0.1, 0.15) is 5.88 Å². The van der Waals surface area contributed by atoms with Crippen molar-refractivity contribution in [2.45, 2.75) is 12.3 Å². The summed E-state index contributed by atoms with van der Waals surface area (Å²) in [5.41, 5.74) is 0. The molecule has 0 atom stereocenters. The van der Waals surface area contributed by atoms with Gasteiger partial charge in [-0.3, -0.25) is 4.90 Å². The lowest BCUT2D eigenvalue weighted by molar-refractivity contribution is 0.204. The Bertz CT molecular complexity index is 347. The molecule has 1 saturated heterocycles. The number of aromatic nitrogens is 2. The molecule has 0 aliphatic carbocycles. The summed E-state index contributed by atoms with van der Waals surface area (Å²) in [5.74, 6) is 0.704. The van der Waals surface area contributed by atoms with Crippen LogP contribution in [-0.4, -0.2) is 59.5 Å². The highest BCUT2D eigenvalue weighted by molar-refractivity contribution is 6.16. The molecule has 2 rings (SSSR count). The summed E-state index contributed by atoms with van der Waals surface area (Å²) < 4.78 is 5.43. The van der Waals surface area contributed by atoms with Crippen LogP contribution in [0.4, 0.5) is 6.01 Å². The van der Waals surface area contributed by atoms with Gasteiger partial charge >= 0.3 is 6.01 Å². The third-order valence-electron chi connectivity index (χ3n) is 2.85.